The maximum absolute atomic E-state index is 12.9. The Morgan fingerprint density at radius 2 is 1.70 bits per heavy atom. The van der Waals surface area contributed by atoms with Crippen molar-refractivity contribution in [2.24, 2.45) is 5.92 Å². The molecule has 30 heavy (non-hydrogen) atoms. The summed E-state index contributed by atoms with van der Waals surface area (Å²) in [7, 11) is 0. The second-order valence-electron chi connectivity index (χ2n) is 8.66. The van der Waals surface area contributed by atoms with Crippen molar-refractivity contribution in [3.05, 3.63) is 42.9 Å². The lowest BCUT2D eigenvalue weighted by atomic mass is 9.86. The Morgan fingerprint density at radius 1 is 1.00 bits per heavy atom. The first kappa shape index (κ1) is 20.8. The molecule has 0 spiro atoms. The van der Waals surface area contributed by atoms with Crippen LogP contribution in [0.5, 0.6) is 5.75 Å². The van der Waals surface area contributed by atoms with Gasteiger partial charge >= 0.3 is 0 Å². The van der Waals surface area contributed by atoms with Gasteiger partial charge in [0, 0.05) is 56.1 Å². The average Bonchev–Trinajstić information content (AvgIpc) is 2.80. The summed E-state index contributed by atoms with van der Waals surface area (Å²) in [4.78, 5) is 25.9. The van der Waals surface area contributed by atoms with E-state index in [-0.39, 0.29) is 12.0 Å². The van der Waals surface area contributed by atoms with E-state index in [9.17, 15) is 4.79 Å². The van der Waals surface area contributed by atoms with Crippen molar-refractivity contribution < 1.29 is 9.53 Å². The van der Waals surface area contributed by atoms with Crippen LogP contribution in [0, 0.1) is 5.92 Å². The molecule has 0 radical (unpaired) electrons. The Bertz CT molecular complexity index is 809. The Hall–Kier alpha value is -2.47. The summed E-state index contributed by atoms with van der Waals surface area (Å²) in [5.74, 6) is 1.39. The fraction of sp³-hybridized carbons (Fsp3) is 0.542. The molecule has 2 fully saturated rings. The van der Waals surface area contributed by atoms with Gasteiger partial charge in [0.15, 0.2) is 0 Å². The highest BCUT2D eigenvalue weighted by atomic mass is 16.5. The van der Waals surface area contributed by atoms with E-state index in [4.69, 9.17) is 4.74 Å². The van der Waals surface area contributed by atoms with Crippen LogP contribution in [0.3, 0.4) is 0 Å². The normalized spacial score (nSPS) is 22.8. The number of piperazine rings is 1. The number of amides is 1. The fourth-order valence-electron chi connectivity index (χ4n) is 4.49. The van der Waals surface area contributed by atoms with E-state index in [0.717, 1.165) is 68.9 Å². The highest BCUT2D eigenvalue weighted by molar-refractivity contribution is 5.79. The van der Waals surface area contributed by atoms with Gasteiger partial charge in [0.2, 0.25) is 5.91 Å². The molecule has 0 N–H and O–H groups in total. The summed E-state index contributed by atoms with van der Waals surface area (Å²) in [6.45, 7) is 8.17. The molecule has 1 aromatic carbocycles. The standard InChI is InChI=1S/C24H32N4O2/c1-18(2)27-13-15-28(16-14-27)24(29)20-5-9-22(10-6-20)30-21-7-3-19(4-8-21)23-17-25-11-12-26-23/h3-4,7-8,11-12,17-18,20,22H,5-6,9-10,13-16H2,1-2H3/t20-,22-. The Balaban J connectivity index is 1.24. The van der Waals surface area contributed by atoms with Crippen molar-refractivity contribution in [3.63, 3.8) is 0 Å². The topological polar surface area (TPSA) is 58.6 Å². The molecule has 1 saturated heterocycles. The summed E-state index contributed by atoms with van der Waals surface area (Å²) in [5.41, 5.74) is 1.89. The molecule has 6 nitrogen and oxygen atoms in total. The molecule has 6 heteroatoms. The fourth-order valence-corrected chi connectivity index (χ4v) is 4.49. The molecule has 2 aliphatic rings. The zero-order valence-electron chi connectivity index (χ0n) is 18.0. The van der Waals surface area contributed by atoms with Crippen LogP contribution in [0.25, 0.3) is 11.3 Å². The first-order valence-electron chi connectivity index (χ1n) is 11.2. The van der Waals surface area contributed by atoms with Gasteiger partial charge in [0.25, 0.3) is 0 Å². The first-order valence-corrected chi connectivity index (χ1v) is 11.2. The zero-order valence-corrected chi connectivity index (χ0v) is 18.0. The van der Waals surface area contributed by atoms with Gasteiger partial charge in [-0.15, -0.1) is 0 Å². The van der Waals surface area contributed by atoms with Crippen LogP contribution in [0.4, 0.5) is 0 Å². The van der Waals surface area contributed by atoms with Crippen LogP contribution in [-0.2, 0) is 4.79 Å². The molecule has 1 aliphatic heterocycles. The number of hydrogen-bond donors (Lipinski definition) is 0. The van der Waals surface area contributed by atoms with E-state index < -0.39 is 0 Å². The molecule has 4 rings (SSSR count). The number of nitrogens with zero attached hydrogens (tertiary/aromatic N) is 4. The molecular formula is C24H32N4O2. The molecule has 0 atom stereocenters. The Kier molecular flexibility index (Phi) is 6.62. The summed E-state index contributed by atoms with van der Waals surface area (Å²) in [6, 6.07) is 8.59. The van der Waals surface area contributed by atoms with Gasteiger partial charge in [-0.3, -0.25) is 19.7 Å². The lowest BCUT2D eigenvalue weighted by Gasteiger charge is -2.39. The number of carbonyl (C=O) groups is 1. The number of aromatic nitrogens is 2. The summed E-state index contributed by atoms with van der Waals surface area (Å²) >= 11 is 0. The average molecular weight is 409 g/mol. The number of carbonyl (C=O) groups excluding carboxylic acids is 1. The van der Waals surface area contributed by atoms with E-state index in [1.54, 1.807) is 18.6 Å². The van der Waals surface area contributed by atoms with Crippen molar-refractivity contribution in [1.29, 1.82) is 0 Å². The number of ether oxygens (including phenoxy) is 1. The van der Waals surface area contributed by atoms with Crippen LogP contribution in [0.1, 0.15) is 39.5 Å². The predicted octanol–water partition coefficient (Wildman–Crippen LogP) is 3.63. The maximum atomic E-state index is 12.9. The minimum absolute atomic E-state index is 0.162. The first-order chi connectivity index (χ1) is 14.6. The second-order valence-corrected chi connectivity index (χ2v) is 8.66. The molecule has 1 saturated carbocycles. The van der Waals surface area contributed by atoms with Gasteiger partial charge in [0.1, 0.15) is 5.75 Å². The van der Waals surface area contributed by atoms with Gasteiger partial charge in [-0.1, -0.05) is 0 Å². The molecule has 160 valence electrons. The lowest BCUT2D eigenvalue weighted by Crippen LogP contribution is -2.52. The monoisotopic (exact) mass is 408 g/mol. The summed E-state index contributed by atoms with van der Waals surface area (Å²) < 4.78 is 6.19. The predicted molar refractivity (Wildman–Crippen MR) is 117 cm³/mol. The largest absolute Gasteiger partial charge is 0.490 e. The zero-order chi connectivity index (χ0) is 20.9. The minimum atomic E-state index is 0.162. The third kappa shape index (κ3) is 4.98. The highest BCUT2D eigenvalue weighted by Crippen LogP contribution is 2.30. The van der Waals surface area contributed by atoms with Gasteiger partial charge in [-0.25, -0.2) is 0 Å². The minimum Gasteiger partial charge on any atom is -0.490 e. The van der Waals surface area contributed by atoms with Crippen LogP contribution in [0.15, 0.2) is 42.9 Å². The van der Waals surface area contributed by atoms with Crippen molar-refractivity contribution in [2.75, 3.05) is 26.2 Å². The number of benzene rings is 1. The van der Waals surface area contributed by atoms with Crippen LogP contribution in [0.2, 0.25) is 0 Å². The summed E-state index contributed by atoms with van der Waals surface area (Å²) in [5, 5.41) is 0. The van der Waals surface area contributed by atoms with Gasteiger partial charge < -0.3 is 9.64 Å². The maximum Gasteiger partial charge on any atom is 0.225 e. The van der Waals surface area contributed by atoms with Crippen LogP contribution < -0.4 is 4.74 Å². The number of hydrogen-bond acceptors (Lipinski definition) is 5. The molecule has 0 unspecified atom stereocenters. The van der Waals surface area contributed by atoms with E-state index in [1.165, 1.54) is 0 Å². The quantitative estimate of drug-likeness (QED) is 0.756. The van der Waals surface area contributed by atoms with Gasteiger partial charge in [0.05, 0.1) is 18.0 Å². The molecule has 1 aromatic heterocycles. The van der Waals surface area contributed by atoms with E-state index in [2.05, 4.69) is 33.6 Å². The molecule has 2 aromatic rings. The molecular weight excluding hydrogens is 376 g/mol. The summed E-state index contributed by atoms with van der Waals surface area (Å²) in [6.07, 6.45) is 9.04. The lowest BCUT2D eigenvalue weighted by molar-refractivity contribution is -0.139. The van der Waals surface area contributed by atoms with E-state index in [1.807, 2.05) is 24.3 Å². The SMILES string of the molecule is CC(C)N1CCN(C(=O)[C@H]2CC[C@H](Oc3ccc(-c4cnccn4)cc3)CC2)CC1. The van der Waals surface area contributed by atoms with Crippen molar-refractivity contribution in [2.45, 2.75) is 51.7 Å². The third-order valence-electron chi connectivity index (χ3n) is 6.40. The van der Waals surface area contributed by atoms with E-state index >= 15 is 0 Å². The second kappa shape index (κ2) is 9.56. The van der Waals surface area contributed by atoms with Crippen molar-refractivity contribution >= 4 is 5.91 Å². The Morgan fingerprint density at radius 3 is 2.30 bits per heavy atom. The van der Waals surface area contributed by atoms with Crippen molar-refractivity contribution in [3.8, 4) is 17.0 Å². The molecule has 0 bridgehead atoms. The van der Waals surface area contributed by atoms with Crippen LogP contribution in [-0.4, -0.2) is 64.0 Å². The van der Waals surface area contributed by atoms with Crippen LogP contribution >= 0.6 is 0 Å². The van der Waals surface area contributed by atoms with Gasteiger partial charge in [-0.05, 0) is 63.8 Å². The molecule has 2 heterocycles. The van der Waals surface area contributed by atoms with Crippen molar-refractivity contribution in [1.82, 2.24) is 19.8 Å². The van der Waals surface area contributed by atoms with Gasteiger partial charge in [-0.2, -0.15) is 0 Å². The molecule has 1 amide bonds. The van der Waals surface area contributed by atoms with E-state index in [0.29, 0.717) is 11.9 Å². The Labute approximate surface area is 179 Å². The third-order valence-corrected chi connectivity index (χ3v) is 6.40. The highest BCUT2D eigenvalue weighted by Gasteiger charge is 2.32. The molecule has 1 aliphatic carbocycles. The number of rotatable bonds is 5. The smallest absolute Gasteiger partial charge is 0.225 e.